The van der Waals surface area contributed by atoms with Gasteiger partial charge in [0.25, 0.3) is 0 Å². The molecule has 1 aromatic rings. The van der Waals surface area contributed by atoms with Crippen LogP contribution in [-0.4, -0.2) is 29.8 Å². The molecule has 0 saturated carbocycles. The molecule has 4 nitrogen and oxygen atoms in total. The third-order valence-electron chi connectivity index (χ3n) is 1.71. The summed E-state index contributed by atoms with van der Waals surface area (Å²) in [4.78, 5) is 7.81. The molecule has 1 aromatic heterocycles. The minimum atomic E-state index is 0.199. The summed E-state index contributed by atoms with van der Waals surface area (Å²) in [6.45, 7) is 5.74. The van der Waals surface area contributed by atoms with Gasteiger partial charge in [0, 0.05) is 18.4 Å². The Morgan fingerprint density at radius 2 is 2.13 bits per heavy atom. The summed E-state index contributed by atoms with van der Waals surface area (Å²) in [5.41, 5.74) is 0.870. The quantitative estimate of drug-likeness (QED) is 0.555. The van der Waals surface area contributed by atoms with Crippen molar-refractivity contribution in [3.63, 3.8) is 0 Å². The highest BCUT2D eigenvalue weighted by atomic mass is 35.5. The highest BCUT2D eigenvalue weighted by Gasteiger charge is 2.02. The average Bonchev–Trinajstić information content (AvgIpc) is 2.23. The van der Waals surface area contributed by atoms with Crippen LogP contribution >= 0.6 is 11.6 Å². The van der Waals surface area contributed by atoms with Crippen LogP contribution in [0.1, 0.15) is 18.9 Å². The molecular weight excluding hydrogens is 216 g/mol. The number of halogens is 1. The van der Waals surface area contributed by atoms with Crippen LogP contribution in [-0.2, 0) is 4.74 Å². The van der Waals surface area contributed by atoms with E-state index in [9.17, 15) is 0 Å². The van der Waals surface area contributed by atoms with Crippen LogP contribution < -0.4 is 4.74 Å². The molecule has 1 rings (SSSR count). The number of aryl methyl sites for hydroxylation is 1. The van der Waals surface area contributed by atoms with Gasteiger partial charge in [-0.3, -0.25) is 0 Å². The zero-order valence-electron chi connectivity index (χ0n) is 8.99. The molecule has 0 aromatic carbocycles. The van der Waals surface area contributed by atoms with Crippen molar-refractivity contribution in [2.24, 2.45) is 0 Å². The van der Waals surface area contributed by atoms with Crippen molar-refractivity contribution in [1.82, 2.24) is 9.97 Å². The van der Waals surface area contributed by atoms with E-state index in [2.05, 4.69) is 16.9 Å². The number of aromatic nitrogens is 2. The van der Waals surface area contributed by atoms with Gasteiger partial charge < -0.3 is 9.47 Å². The largest absolute Gasteiger partial charge is 0.475 e. The summed E-state index contributed by atoms with van der Waals surface area (Å²) < 4.78 is 10.7. The highest BCUT2D eigenvalue weighted by Crippen LogP contribution is 2.14. The molecule has 0 spiro atoms. The second kappa shape index (κ2) is 6.58. The molecule has 0 atom stereocenters. The lowest BCUT2D eigenvalue weighted by Gasteiger charge is -2.07. The van der Waals surface area contributed by atoms with Gasteiger partial charge in [-0.2, -0.15) is 4.98 Å². The predicted molar refractivity (Wildman–Crippen MR) is 58.4 cm³/mol. The Morgan fingerprint density at radius 3 is 2.87 bits per heavy atom. The van der Waals surface area contributed by atoms with Gasteiger partial charge in [0.05, 0.1) is 6.61 Å². The fourth-order valence-corrected chi connectivity index (χ4v) is 1.12. The summed E-state index contributed by atoms with van der Waals surface area (Å²) in [5, 5.41) is 0.199. The second-order valence-corrected chi connectivity index (χ2v) is 3.43. The molecule has 0 aliphatic heterocycles. The summed E-state index contributed by atoms with van der Waals surface area (Å²) in [6.07, 6.45) is 2.65. The van der Waals surface area contributed by atoms with Crippen LogP contribution in [0, 0.1) is 6.92 Å². The lowest BCUT2D eigenvalue weighted by atomic mass is 10.4. The van der Waals surface area contributed by atoms with Crippen LogP contribution in [0.4, 0.5) is 0 Å². The standard InChI is InChI=1S/C10H15ClN2O2/c1-3-4-14-5-6-15-9-8(2)7-12-10(11)13-9/h7H,3-6H2,1-2H3. The molecule has 5 heteroatoms. The molecular formula is C10H15ClN2O2. The lowest BCUT2D eigenvalue weighted by molar-refractivity contribution is 0.0987. The molecule has 0 N–H and O–H groups in total. The average molecular weight is 231 g/mol. The topological polar surface area (TPSA) is 44.2 Å². The number of ether oxygens (including phenoxy) is 2. The normalized spacial score (nSPS) is 10.3. The maximum atomic E-state index is 5.65. The predicted octanol–water partition coefficient (Wildman–Crippen LogP) is 2.24. The maximum Gasteiger partial charge on any atom is 0.225 e. The molecule has 0 amide bonds. The van der Waals surface area contributed by atoms with Crippen LogP contribution in [0.15, 0.2) is 6.20 Å². The van der Waals surface area contributed by atoms with Crippen molar-refractivity contribution in [3.05, 3.63) is 17.0 Å². The molecule has 0 fully saturated rings. The number of hydrogen-bond acceptors (Lipinski definition) is 4. The van der Waals surface area contributed by atoms with E-state index in [0.29, 0.717) is 19.1 Å². The van der Waals surface area contributed by atoms with E-state index in [1.54, 1.807) is 6.20 Å². The minimum Gasteiger partial charge on any atom is -0.475 e. The first kappa shape index (κ1) is 12.2. The summed E-state index contributed by atoms with van der Waals surface area (Å²) in [7, 11) is 0. The third kappa shape index (κ3) is 4.44. The minimum absolute atomic E-state index is 0.199. The van der Waals surface area contributed by atoms with Gasteiger partial charge in [0.2, 0.25) is 11.2 Å². The highest BCUT2D eigenvalue weighted by molar-refractivity contribution is 6.28. The fraction of sp³-hybridized carbons (Fsp3) is 0.600. The van der Waals surface area contributed by atoms with Crippen LogP contribution in [0.5, 0.6) is 5.88 Å². The number of rotatable bonds is 6. The molecule has 0 aliphatic rings. The van der Waals surface area contributed by atoms with E-state index in [-0.39, 0.29) is 5.28 Å². The van der Waals surface area contributed by atoms with E-state index in [0.717, 1.165) is 18.6 Å². The van der Waals surface area contributed by atoms with Gasteiger partial charge in [-0.05, 0) is 24.9 Å². The van der Waals surface area contributed by atoms with Crippen LogP contribution in [0.2, 0.25) is 5.28 Å². The number of hydrogen-bond donors (Lipinski definition) is 0. The Labute approximate surface area is 94.6 Å². The van der Waals surface area contributed by atoms with Crippen LogP contribution in [0.3, 0.4) is 0 Å². The van der Waals surface area contributed by atoms with Crippen molar-refractivity contribution in [2.75, 3.05) is 19.8 Å². The van der Waals surface area contributed by atoms with Crippen LogP contribution in [0.25, 0.3) is 0 Å². The zero-order valence-corrected chi connectivity index (χ0v) is 9.75. The first-order valence-corrected chi connectivity index (χ1v) is 5.31. The Morgan fingerprint density at radius 1 is 1.33 bits per heavy atom. The third-order valence-corrected chi connectivity index (χ3v) is 1.89. The van der Waals surface area contributed by atoms with E-state index in [4.69, 9.17) is 21.1 Å². The van der Waals surface area contributed by atoms with Gasteiger partial charge in [-0.25, -0.2) is 4.98 Å². The SMILES string of the molecule is CCCOCCOc1nc(Cl)ncc1C. The van der Waals surface area contributed by atoms with Crippen molar-refractivity contribution in [3.8, 4) is 5.88 Å². The zero-order chi connectivity index (χ0) is 11.1. The van der Waals surface area contributed by atoms with Gasteiger partial charge >= 0.3 is 0 Å². The van der Waals surface area contributed by atoms with Crippen molar-refractivity contribution in [1.29, 1.82) is 0 Å². The molecule has 0 bridgehead atoms. The van der Waals surface area contributed by atoms with Gasteiger partial charge in [-0.15, -0.1) is 0 Å². The lowest BCUT2D eigenvalue weighted by Crippen LogP contribution is -2.09. The Bertz CT molecular complexity index is 307. The monoisotopic (exact) mass is 230 g/mol. The maximum absolute atomic E-state index is 5.65. The molecule has 0 saturated heterocycles. The molecule has 0 radical (unpaired) electrons. The van der Waals surface area contributed by atoms with Gasteiger partial charge in [0.15, 0.2) is 0 Å². The summed E-state index contributed by atoms with van der Waals surface area (Å²) in [5.74, 6) is 0.523. The van der Waals surface area contributed by atoms with Crippen molar-refractivity contribution >= 4 is 11.6 Å². The fourth-order valence-electron chi connectivity index (χ4n) is 0.996. The van der Waals surface area contributed by atoms with Crippen molar-refractivity contribution in [2.45, 2.75) is 20.3 Å². The Balaban J connectivity index is 2.33. The van der Waals surface area contributed by atoms with E-state index in [1.807, 2.05) is 6.92 Å². The molecule has 0 unspecified atom stereocenters. The first-order valence-electron chi connectivity index (χ1n) is 4.93. The molecule has 1 heterocycles. The molecule has 0 aliphatic carbocycles. The Kier molecular flexibility index (Phi) is 5.36. The van der Waals surface area contributed by atoms with E-state index < -0.39 is 0 Å². The number of nitrogens with zero attached hydrogens (tertiary/aromatic N) is 2. The second-order valence-electron chi connectivity index (χ2n) is 3.09. The van der Waals surface area contributed by atoms with Crippen molar-refractivity contribution < 1.29 is 9.47 Å². The summed E-state index contributed by atoms with van der Waals surface area (Å²) >= 11 is 5.65. The van der Waals surface area contributed by atoms with Gasteiger partial charge in [0.1, 0.15) is 6.61 Å². The smallest absolute Gasteiger partial charge is 0.225 e. The van der Waals surface area contributed by atoms with Gasteiger partial charge in [-0.1, -0.05) is 6.92 Å². The summed E-state index contributed by atoms with van der Waals surface area (Å²) in [6, 6.07) is 0. The molecule has 84 valence electrons. The molecule has 15 heavy (non-hydrogen) atoms. The van der Waals surface area contributed by atoms with E-state index >= 15 is 0 Å². The Hall–Kier alpha value is -0.870. The first-order chi connectivity index (χ1) is 7.24. The van der Waals surface area contributed by atoms with E-state index in [1.165, 1.54) is 0 Å².